The normalized spacial score (nSPS) is 18.5. The summed E-state index contributed by atoms with van der Waals surface area (Å²) in [5, 5.41) is 14.9. The smallest absolute Gasteiger partial charge is 0.410 e. The zero-order valence-corrected chi connectivity index (χ0v) is 40.7. The van der Waals surface area contributed by atoms with Gasteiger partial charge >= 0.3 is 12.2 Å². The molecule has 1 aliphatic carbocycles. The van der Waals surface area contributed by atoms with E-state index in [0.29, 0.717) is 58.2 Å². The highest BCUT2D eigenvalue weighted by molar-refractivity contribution is 6.74. The van der Waals surface area contributed by atoms with E-state index in [0.717, 1.165) is 35.1 Å². The second kappa shape index (κ2) is 18.9. The van der Waals surface area contributed by atoms with Crippen molar-refractivity contribution in [2.75, 3.05) is 39.5 Å². The van der Waals surface area contributed by atoms with Crippen molar-refractivity contribution in [3.63, 3.8) is 0 Å². The predicted molar refractivity (Wildman–Crippen MR) is 247 cm³/mol. The summed E-state index contributed by atoms with van der Waals surface area (Å²) < 4.78 is 30.0. The number of halogens is 2. The molecular formula is C47H62Cl2N4O9Si. The van der Waals surface area contributed by atoms with Gasteiger partial charge in [0.25, 0.3) is 0 Å². The van der Waals surface area contributed by atoms with E-state index in [1.54, 1.807) is 39.1 Å². The van der Waals surface area contributed by atoms with Gasteiger partial charge in [0.1, 0.15) is 31.2 Å². The molecule has 2 fully saturated rings. The predicted octanol–water partition coefficient (Wildman–Crippen LogP) is 9.88. The quantitative estimate of drug-likeness (QED) is 0.111. The van der Waals surface area contributed by atoms with Gasteiger partial charge in [0.2, 0.25) is 11.8 Å². The Morgan fingerprint density at radius 2 is 1.54 bits per heavy atom. The van der Waals surface area contributed by atoms with Crippen LogP contribution in [0.15, 0.2) is 54.2 Å². The number of rotatable bonds is 15. The third kappa shape index (κ3) is 11.6. The monoisotopic (exact) mass is 924 g/mol. The molecule has 3 heterocycles. The van der Waals surface area contributed by atoms with Crippen LogP contribution in [0, 0.1) is 13.8 Å². The number of hydrogen-bond donors (Lipinski definition) is 2. The fraction of sp³-hybridized carbons (Fsp3) is 0.532. The van der Waals surface area contributed by atoms with Crippen LogP contribution in [0.1, 0.15) is 83.1 Å². The van der Waals surface area contributed by atoms with Crippen molar-refractivity contribution >= 4 is 55.2 Å². The van der Waals surface area contributed by atoms with Gasteiger partial charge in [-0.25, -0.2) is 14.6 Å². The highest BCUT2D eigenvalue weighted by Gasteiger charge is 2.51. The lowest BCUT2D eigenvalue weighted by Crippen LogP contribution is -2.65. The number of carbonyl (C=O) groups is 3. The SMILES string of the molecule is Cc1cc(Cl)c(OCCOc2ccc(C3=C(C(=O)NC4(Cc5ccnc(OCCO[Si](C)(C)C(C)(C)C)c5C)CC4)[C@H]4CN(C(=O)OC(C)(C)C)CC(C3)N4C(=O)O)cc2)c(Cl)c1. The number of nitrogens with one attached hydrogen (secondary N) is 1. The van der Waals surface area contributed by atoms with Crippen LogP contribution in [0.3, 0.4) is 0 Å². The van der Waals surface area contributed by atoms with Crippen LogP contribution in [-0.2, 0) is 20.4 Å². The summed E-state index contributed by atoms with van der Waals surface area (Å²) in [6, 6.07) is 11.3. The molecule has 6 rings (SSSR count). The maximum atomic E-state index is 14.9. The number of piperazine rings is 1. The standard InChI is InChI=1S/C47H62Cl2N4O9Si/c1-29-23-36(48)40(37(49)24-29)59-20-19-58-34-13-11-31(12-14-34)35-25-33-27-52(44(57)62-45(3,4)5)28-38(53(33)43(55)56)39(35)41(54)51-47(16-17-47)26-32-15-18-50-42(30(32)2)60-21-22-61-63(9,10)46(6,7)8/h11-15,18,23-24,33,38H,16-17,19-22,25-28H2,1-10H3,(H,51,54)(H,55,56)/t33?,38-/m1/s1. The van der Waals surface area contributed by atoms with Crippen molar-refractivity contribution in [3.05, 3.63) is 86.5 Å². The number of carbonyl (C=O) groups excluding carboxylic acids is 2. The molecule has 2 N–H and O–H groups in total. The summed E-state index contributed by atoms with van der Waals surface area (Å²) in [6.45, 7) is 21.6. The lowest BCUT2D eigenvalue weighted by molar-refractivity contribution is -0.119. The van der Waals surface area contributed by atoms with Crippen molar-refractivity contribution in [1.82, 2.24) is 20.1 Å². The van der Waals surface area contributed by atoms with E-state index in [1.807, 2.05) is 44.2 Å². The Morgan fingerprint density at radius 3 is 2.14 bits per heavy atom. The molecule has 16 heteroatoms. The van der Waals surface area contributed by atoms with E-state index in [9.17, 15) is 19.5 Å². The summed E-state index contributed by atoms with van der Waals surface area (Å²) >= 11 is 12.7. The molecule has 0 spiro atoms. The molecular weight excluding hydrogens is 864 g/mol. The summed E-state index contributed by atoms with van der Waals surface area (Å²) in [6.07, 6.45) is 2.21. The first-order valence-electron chi connectivity index (χ1n) is 21.6. The van der Waals surface area contributed by atoms with Crippen LogP contribution in [-0.4, -0.2) is 109 Å². The topological polar surface area (TPSA) is 149 Å². The fourth-order valence-corrected chi connectivity index (χ4v) is 9.56. The minimum atomic E-state index is -1.93. The van der Waals surface area contributed by atoms with Crippen LogP contribution in [0.2, 0.25) is 28.2 Å². The number of aromatic nitrogens is 1. The first kappa shape index (κ1) is 48.0. The van der Waals surface area contributed by atoms with E-state index >= 15 is 0 Å². The van der Waals surface area contributed by atoms with Crippen LogP contribution in [0.4, 0.5) is 9.59 Å². The van der Waals surface area contributed by atoms with E-state index in [4.69, 9.17) is 46.6 Å². The van der Waals surface area contributed by atoms with Gasteiger partial charge in [-0.15, -0.1) is 0 Å². The number of amides is 3. The largest absolute Gasteiger partial charge is 0.490 e. The fourth-order valence-electron chi connectivity index (χ4n) is 7.83. The maximum Gasteiger partial charge on any atom is 0.410 e. The summed E-state index contributed by atoms with van der Waals surface area (Å²) in [5.74, 6) is 1.12. The number of carboxylic acid groups (broad SMARTS) is 1. The Hall–Kier alpha value is -4.50. The van der Waals surface area contributed by atoms with Gasteiger partial charge in [0.05, 0.1) is 28.7 Å². The molecule has 2 aliphatic heterocycles. The lowest BCUT2D eigenvalue weighted by atomic mass is 9.81. The molecule has 342 valence electrons. The number of ether oxygens (including phenoxy) is 4. The van der Waals surface area contributed by atoms with Crippen LogP contribution < -0.4 is 19.5 Å². The second-order valence-electron chi connectivity index (χ2n) is 19.4. The summed E-state index contributed by atoms with van der Waals surface area (Å²) in [5.41, 5.74) is 3.25. The van der Waals surface area contributed by atoms with Gasteiger partial charge < -0.3 is 38.7 Å². The van der Waals surface area contributed by atoms with Gasteiger partial charge in [0.15, 0.2) is 14.1 Å². The average molecular weight is 926 g/mol. The molecule has 63 heavy (non-hydrogen) atoms. The third-order valence-corrected chi connectivity index (χ3v) is 17.4. The number of hydrogen-bond acceptors (Lipinski definition) is 9. The Kier molecular flexibility index (Phi) is 14.4. The number of aryl methyl sites for hydroxylation is 1. The third-order valence-electron chi connectivity index (χ3n) is 12.3. The molecule has 2 atom stereocenters. The molecule has 1 saturated heterocycles. The van der Waals surface area contributed by atoms with E-state index in [-0.39, 0.29) is 43.7 Å². The van der Waals surface area contributed by atoms with Gasteiger partial charge in [-0.3, -0.25) is 9.69 Å². The van der Waals surface area contributed by atoms with Crippen molar-refractivity contribution in [2.45, 2.75) is 122 Å². The Labute approximate surface area is 382 Å². The highest BCUT2D eigenvalue weighted by Crippen LogP contribution is 2.44. The Morgan fingerprint density at radius 1 is 0.905 bits per heavy atom. The minimum absolute atomic E-state index is 0.0452. The van der Waals surface area contributed by atoms with Crippen molar-refractivity contribution < 1.29 is 42.9 Å². The van der Waals surface area contributed by atoms with E-state index in [2.05, 4.69) is 44.2 Å². The van der Waals surface area contributed by atoms with Crippen molar-refractivity contribution in [2.24, 2.45) is 0 Å². The van der Waals surface area contributed by atoms with Crippen LogP contribution in [0.5, 0.6) is 17.4 Å². The minimum Gasteiger partial charge on any atom is -0.490 e. The highest BCUT2D eigenvalue weighted by atomic mass is 35.5. The maximum absolute atomic E-state index is 14.9. The summed E-state index contributed by atoms with van der Waals surface area (Å²) in [7, 11) is -1.93. The molecule has 3 amide bonds. The first-order chi connectivity index (χ1) is 29.5. The lowest BCUT2D eigenvalue weighted by Gasteiger charge is -2.49. The molecule has 3 aromatic rings. The molecule has 2 bridgehead atoms. The van der Waals surface area contributed by atoms with Crippen molar-refractivity contribution in [1.29, 1.82) is 0 Å². The summed E-state index contributed by atoms with van der Waals surface area (Å²) in [4.78, 5) is 48.7. The number of fused-ring (bicyclic) bond motifs is 2. The van der Waals surface area contributed by atoms with Crippen LogP contribution in [0.25, 0.3) is 5.57 Å². The molecule has 0 radical (unpaired) electrons. The zero-order valence-electron chi connectivity index (χ0n) is 38.2. The van der Waals surface area contributed by atoms with Crippen LogP contribution >= 0.6 is 23.2 Å². The zero-order chi connectivity index (χ0) is 46.1. The molecule has 1 aromatic heterocycles. The molecule has 13 nitrogen and oxygen atoms in total. The van der Waals surface area contributed by atoms with Gasteiger partial charge in [-0.1, -0.05) is 56.1 Å². The van der Waals surface area contributed by atoms with Gasteiger partial charge in [-0.05, 0) is 131 Å². The number of nitrogens with zero attached hydrogens (tertiary/aromatic N) is 3. The molecule has 2 aromatic carbocycles. The van der Waals surface area contributed by atoms with Gasteiger partial charge in [0, 0.05) is 36.0 Å². The van der Waals surface area contributed by atoms with E-state index < -0.39 is 43.7 Å². The first-order valence-corrected chi connectivity index (χ1v) is 25.2. The van der Waals surface area contributed by atoms with Crippen molar-refractivity contribution in [3.8, 4) is 17.4 Å². The molecule has 3 aliphatic rings. The van der Waals surface area contributed by atoms with E-state index in [1.165, 1.54) is 9.80 Å². The average Bonchev–Trinajstić information content (AvgIpc) is 3.93. The van der Waals surface area contributed by atoms with Gasteiger partial charge in [-0.2, -0.15) is 0 Å². The number of pyridine rings is 1. The Balaban J connectivity index is 1.23. The Bertz CT molecular complexity index is 2190. The molecule has 1 unspecified atom stereocenters. The number of benzene rings is 2. The second-order valence-corrected chi connectivity index (χ2v) is 25.0. The molecule has 1 saturated carbocycles.